The van der Waals surface area contributed by atoms with E-state index in [9.17, 15) is 0 Å². The maximum absolute atomic E-state index is 5.78. The molecule has 0 saturated carbocycles. The molecule has 0 amide bonds. The van der Waals surface area contributed by atoms with Crippen molar-refractivity contribution < 1.29 is 9.47 Å². The molecule has 0 heterocycles. The number of hydrogen-bond donors (Lipinski definition) is 1. The summed E-state index contributed by atoms with van der Waals surface area (Å²) in [6.45, 7) is 14.5. The van der Waals surface area contributed by atoms with E-state index in [1.54, 1.807) is 0 Å². The fourth-order valence-electron chi connectivity index (χ4n) is 2.36. The first kappa shape index (κ1) is 18.1. The normalized spacial score (nSPS) is 12.9. The Labute approximate surface area is 130 Å². The number of benzene rings is 1. The molecule has 0 radical (unpaired) electrons. The van der Waals surface area contributed by atoms with Crippen LogP contribution in [0, 0.1) is 19.8 Å². The minimum atomic E-state index is 0.251. The molecule has 0 bridgehead atoms. The van der Waals surface area contributed by atoms with Gasteiger partial charge >= 0.3 is 0 Å². The van der Waals surface area contributed by atoms with E-state index in [2.05, 4.69) is 58.1 Å². The van der Waals surface area contributed by atoms with Crippen LogP contribution in [-0.4, -0.2) is 33.0 Å². The SMILES string of the molecule is CCNC(COCCOCC(C)C)c1ccc(C)cc1C. The topological polar surface area (TPSA) is 30.5 Å². The van der Waals surface area contributed by atoms with Crippen molar-refractivity contribution in [2.45, 2.75) is 40.7 Å². The number of likely N-dealkylation sites (N-methyl/N-ethyl adjacent to an activating group) is 1. The molecule has 1 aromatic carbocycles. The zero-order chi connectivity index (χ0) is 15.7. The van der Waals surface area contributed by atoms with Crippen LogP contribution < -0.4 is 5.32 Å². The Balaban J connectivity index is 2.43. The fraction of sp³-hybridized carbons (Fsp3) is 0.667. The molecule has 0 aromatic heterocycles. The van der Waals surface area contributed by atoms with Crippen LogP contribution in [0.3, 0.4) is 0 Å². The van der Waals surface area contributed by atoms with Crippen LogP contribution in [0.5, 0.6) is 0 Å². The summed E-state index contributed by atoms with van der Waals surface area (Å²) in [4.78, 5) is 0. The van der Waals surface area contributed by atoms with Crippen molar-refractivity contribution in [2.24, 2.45) is 5.92 Å². The minimum absolute atomic E-state index is 0.251. The molecular weight excluding hydrogens is 262 g/mol. The molecule has 3 heteroatoms. The average molecular weight is 293 g/mol. The van der Waals surface area contributed by atoms with Crippen molar-refractivity contribution in [3.8, 4) is 0 Å². The summed E-state index contributed by atoms with van der Waals surface area (Å²) in [5, 5.41) is 3.50. The van der Waals surface area contributed by atoms with E-state index < -0.39 is 0 Å². The molecule has 120 valence electrons. The average Bonchev–Trinajstić information content (AvgIpc) is 2.41. The molecule has 1 rings (SSSR count). The second-order valence-corrected chi connectivity index (χ2v) is 6.01. The lowest BCUT2D eigenvalue weighted by Crippen LogP contribution is -2.26. The third kappa shape index (κ3) is 7.07. The third-order valence-electron chi connectivity index (χ3n) is 3.36. The van der Waals surface area contributed by atoms with E-state index in [0.29, 0.717) is 25.7 Å². The summed E-state index contributed by atoms with van der Waals surface area (Å²) < 4.78 is 11.3. The largest absolute Gasteiger partial charge is 0.379 e. The second kappa shape index (κ2) is 9.93. The zero-order valence-corrected chi connectivity index (χ0v) is 14.2. The van der Waals surface area contributed by atoms with Gasteiger partial charge in [0.05, 0.1) is 25.9 Å². The van der Waals surface area contributed by atoms with Gasteiger partial charge in [0.15, 0.2) is 0 Å². The van der Waals surface area contributed by atoms with Gasteiger partial charge in [-0.3, -0.25) is 0 Å². The van der Waals surface area contributed by atoms with Crippen molar-refractivity contribution in [1.82, 2.24) is 5.32 Å². The molecular formula is C18H31NO2. The molecule has 0 saturated heterocycles. The highest BCUT2D eigenvalue weighted by Gasteiger charge is 2.12. The Morgan fingerprint density at radius 2 is 1.71 bits per heavy atom. The lowest BCUT2D eigenvalue weighted by Gasteiger charge is -2.21. The first-order valence-corrected chi connectivity index (χ1v) is 8.00. The number of nitrogens with one attached hydrogen (secondary N) is 1. The van der Waals surface area contributed by atoms with E-state index in [4.69, 9.17) is 9.47 Å². The molecule has 0 fully saturated rings. The van der Waals surface area contributed by atoms with Gasteiger partial charge in [-0.2, -0.15) is 0 Å². The highest BCUT2D eigenvalue weighted by Crippen LogP contribution is 2.19. The molecule has 1 atom stereocenters. The third-order valence-corrected chi connectivity index (χ3v) is 3.36. The second-order valence-electron chi connectivity index (χ2n) is 6.01. The van der Waals surface area contributed by atoms with E-state index in [0.717, 1.165) is 13.2 Å². The van der Waals surface area contributed by atoms with Crippen LogP contribution in [0.25, 0.3) is 0 Å². The summed E-state index contributed by atoms with van der Waals surface area (Å²) in [7, 11) is 0. The summed E-state index contributed by atoms with van der Waals surface area (Å²) >= 11 is 0. The molecule has 1 N–H and O–H groups in total. The zero-order valence-electron chi connectivity index (χ0n) is 14.2. The van der Waals surface area contributed by atoms with Gasteiger partial charge in [-0.15, -0.1) is 0 Å². The summed E-state index contributed by atoms with van der Waals surface area (Å²) in [6.07, 6.45) is 0. The van der Waals surface area contributed by atoms with Crippen molar-refractivity contribution in [2.75, 3.05) is 33.0 Å². The summed E-state index contributed by atoms with van der Waals surface area (Å²) in [5.74, 6) is 0.578. The minimum Gasteiger partial charge on any atom is -0.379 e. The fourth-order valence-corrected chi connectivity index (χ4v) is 2.36. The maximum atomic E-state index is 5.78. The van der Waals surface area contributed by atoms with Gasteiger partial charge in [-0.1, -0.05) is 44.5 Å². The Bertz CT molecular complexity index is 404. The molecule has 3 nitrogen and oxygen atoms in total. The molecule has 0 aliphatic heterocycles. The lowest BCUT2D eigenvalue weighted by atomic mass is 9.99. The van der Waals surface area contributed by atoms with Crippen molar-refractivity contribution in [3.05, 3.63) is 34.9 Å². The van der Waals surface area contributed by atoms with Crippen molar-refractivity contribution in [3.63, 3.8) is 0 Å². The Morgan fingerprint density at radius 3 is 2.29 bits per heavy atom. The smallest absolute Gasteiger partial charge is 0.0701 e. The molecule has 1 unspecified atom stereocenters. The standard InChI is InChI=1S/C18H31NO2/c1-6-19-18(13-21-10-9-20-12-14(2)3)17-8-7-15(4)11-16(17)5/h7-8,11,14,18-19H,6,9-10,12-13H2,1-5H3. The van der Waals surface area contributed by atoms with Gasteiger partial charge in [0.2, 0.25) is 0 Å². The van der Waals surface area contributed by atoms with Crippen LogP contribution in [0.2, 0.25) is 0 Å². The number of ether oxygens (including phenoxy) is 2. The highest BCUT2D eigenvalue weighted by molar-refractivity contribution is 5.32. The first-order chi connectivity index (χ1) is 10.0. The molecule has 1 aromatic rings. The van der Waals surface area contributed by atoms with E-state index in [1.807, 2.05) is 0 Å². The van der Waals surface area contributed by atoms with Gasteiger partial charge in [0, 0.05) is 6.61 Å². The van der Waals surface area contributed by atoms with Crippen LogP contribution in [0.4, 0.5) is 0 Å². The van der Waals surface area contributed by atoms with E-state index in [-0.39, 0.29) is 6.04 Å². The van der Waals surface area contributed by atoms with Gasteiger partial charge in [0.1, 0.15) is 0 Å². The van der Waals surface area contributed by atoms with Crippen LogP contribution in [-0.2, 0) is 9.47 Å². The van der Waals surface area contributed by atoms with Gasteiger partial charge in [0.25, 0.3) is 0 Å². The Kier molecular flexibility index (Phi) is 8.58. The maximum Gasteiger partial charge on any atom is 0.0701 e. The van der Waals surface area contributed by atoms with Crippen LogP contribution in [0.15, 0.2) is 18.2 Å². The Hall–Kier alpha value is -0.900. The number of aryl methyl sites for hydroxylation is 2. The van der Waals surface area contributed by atoms with E-state index >= 15 is 0 Å². The highest BCUT2D eigenvalue weighted by atomic mass is 16.5. The molecule has 0 spiro atoms. The van der Waals surface area contributed by atoms with Crippen LogP contribution >= 0.6 is 0 Å². The number of hydrogen-bond acceptors (Lipinski definition) is 3. The van der Waals surface area contributed by atoms with Crippen molar-refractivity contribution >= 4 is 0 Å². The molecule has 21 heavy (non-hydrogen) atoms. The van der Waals surface area contributed by atoms with Gasteiger partial charge in [-0.25, -0.2) is 0 Å². The monoisotopic (exact) mass is 293 g/mol. The van der Waals surface area contributed by atoms with E-state index in [1.165, 1.54) is 16.7 Å². The van der Waals surface area contributed by atoms with Gasteiger partial charge in [-0.05, 0) is 37.4 Å². The summed E-state index contributed by atoms with van der Waals surface area (Å²) in [6, 6.07) is 6.85. The lowest BCUT2D eigenvalue weighted by molar-refractivity contribution is 0.0303. The van der Waals surface area contributed by atoms with Crippen LogP contribution in [0.1, 0.15) is 43.5 Å². The summed E-state index contributed by atoms with van der Waals surface area (Å²) in [5.41, 5.74) is 3.95. The predicted octanol–water partition coefficient (Wildman–Crippen LogP) is 3.64. The van der Waals surface area contributed by atoms with Gasteiger partial charge < -0.3 is 14.8 Å². The Morgan fingerprint density at radius 1 is 1.05 bits per heavy atom. The van der Waals surface area contributed by atoms with Crippen molar-refractivity contribution in [1.29, 1.82) is 0 Å². The molecule has 0 aliphatic carbocycles. The quantitative estimate of drug-likeness (QED) is 0.668. The predicted molar refractivity (Wildman–Crippen MR) is 88.8 cm³/mol. The molecule has 0 aliphatic rings. The number of rotatable bonds is 10. The first-order valence-electron chi connectivity index (χ1n) is 8.00.